The first-order valence-corrected chi connectivity index (χ1v) is 10.3. The largest absolute Gasteiger partial charge is 0.456 e. The summed E-state index contributed by atoms with van der Waals surface area (Å²) < 4.78 is 6.37. The van der Waals surface area contributed by atoms with E-state index in [9.17, 15) is 4.79 Å². The van der Waals surface area contributed by atoms with E-state index in [2.05, 4.69) is 12.1 Å². The molecular formula is C28H25NO2. The van der Waals surface area contributed by atoms with Gasteiger partial charge >= 0.3 is 0 Å². The van der Waals surface area contributed by atoms with E-state index in [0.29, 0.717) is 34.7 Å². The zero-order valence-electron chi connectivity index (χ0n) is 17.8. The van der Waals surface area contributed by atoms with Gasteiger partial charge in [-0.1, -0.05) is 78.9 Å². The number of anilines is 1. The van der Waals surface area contributed by atoms with Gasteiger partial charge < -0.3 is 10.5 Å². The minimum absolute atomic E-state index is 0.0681. The Morgan fingerprint density at radius 1 is 0.774 bits per heavy atom. The molecule has 0 bridgehead atoms. The number of nitrogen functional groups attached to an aromatic ring is 1. The fourth-order valence-electron chi connectivity index (χ4n) is 3.76. The molecule has 31 heavy (non-hydrogen) atoms. The summed E-state index contributed by atoms with van der Waals surface area (Å²) in [7, 11) is 0. The third kappa shape index (κ3) is 4.22. The number of hydrogen-bond donors (Lipinski definition) is 1. The Morgan fingerprint density at radius 2 is 1.32 bits per heavy atom. The fourth-order valence-corrected chi connectivity index (χ4v) is 3.76. The molecule has 3 nitrogen and oxygen atoms in total. The SMILES string of the molecule is Cc1c(C)c(C(=O)c2ccccc2)c(Oc2ccccc2)c(Cc2ccccc2)c1N. The van der Waals surface area contributed by atoms with Gasteiger partial charge in [0.15, 0.2) is 5.78 Å². The summed E-state index contributed by atoms with van der Waals surface area (Å²) in [6.07, 6.45) is 0.574. The van der Waals surface area contributed by atoms with Crippen LogP contribution in [0.1, 0.15) is 38.2 Å². The quantitative estimate of drug-likeness (QED) is 0.293. The summed E-state index contributed by atoms with van der Waals surface area (Å²) in [5.41, 5.74) is 12.1. The molecule has 0 aliphatic carbocycles. The van der Waals surface area contributed by atoms with E-state index in [1.807, 2.05) is 92.7 Å². The molecule has 0 saturated carbocycles. The third-order valence-electron chi connectivity index (χ3n) is 5.62. The van der Waals surface area contributed by atoms with Crippen molar-refractivity contribution in [2.75, 3.05) is 5.73 Å². The van der Waals surface area contributed by atoms with E-state index in [1.165, 1.54) is 0 Å². The summed E-state index contributed by atoms with van der Waals surface area (Å²) in [5, 5.41) is 0. The van der Waals surface area contributed by atoms with Gasteiger partial charge in [-0.25, -0.2) is 0 Å². The molecule has 4 rings (SSSR count). The topological polar surface area (TPSA) is 52.3 Å². The molecule has 0 aromatic heterocycles. The number of nitrogens with two attached hydrogens (primary N) is 1. The van der Waals surface area contributed by atoms with E-state index in [1.54, 1.807) is 0 Å². The molecule has 4 aromatic carbocycles. The molecular weight excluding hydrogens is 382 g/mol. The monoisotopic (exact) mass is 407 g/mol. The maximum Gasteiger partial charge on any atom is 0.197 e. The highest BCUT2D eigenvalue weighted by Gasteiger charge is 2.26. The summed E-state index contributed by atoms with van der Waals surface area (Å²) in [4.78, 5) is 13.6. The van der Waals surface area contributed by atoms with E-state index < -0.39 is 0 Å². The molecule has 0 aliphatic rings. The lowest BCUT2D eigenvalue weighted by atomic mass is 9.88. The molecule has 2 N–H and O–H groups in total. The van der Waals surface area contributed by atoms with Crippen LogP contribution in [0.5, 0.6) is 11.5 Å². The lowest BCUT2D eigenvalue weighted by molar-refractivity contribution is 0.103. The highest BCUT2D eigenvalue weighted by Crippen LogP contribution is 2.40. The van der Waals surface area contributed by atoms with Crippen molar-refractivity contribution in [3.05, 3.63) is 124 Å². The number of ether oxygens (including phenoxy) is 1. The predicted octanol–water partition coefficient (Wildman–Crippen LogP) is 6.50. The molecule has 0 atom stereocenters. The van der Waals surface area contributed by atoms with Crippen molar-refractivity contribution in [2.45, 2.75) is 20.3 Å². The summed E-state index contributed by atoms with van der Waals surface area (Å²) in [6.45, 7) is 3.90. The van der Waals surface area contributed by atoms with Crippen molar-refractivity contribution in [3.63, 3.8) is 0 Å². The molecule has 3 heteroatoms. The highest BCUT2D eigenvalue weighted by atomic mass is 16.5. The Hall–Kier alpha value is -3.85. The van der Waals surface area contributed by atoms with Crippen LogP contribution >= 0.6 is 0 Å². The lowest BCUT2D eigenvalue weighted by Crippen LogP contribution is -2.13. The van der Waals surface area contributed by atoms with Crippen LogP contribution in [-0.4, -0.2) is 5.78 Å². The summed E-state index contributed by atoms with van der Waals surface area (Å²) in [6, 6.07) is 28.9. The second-order valence-corrected chi connectivity index (χ2v) is 7.62. The van der Waals surface area contributed by atoms with Gasteiger partial charge in [-0.05, 0) is 42.7 Å². The van der Waals surface area contributed by atoms with E-state index in [4.69, 9.17) is 10.5 Å². The van der Waals surface area contributed by atoms with Gasteiger partial charge in [-0.3, -0.25) is 4.79 Å². The smallest absolute Gasteiger partial charge is 0.197 e. The van der Waals surface area contributed by atoms with Crippen LogP contribution in [0.4, 0.5) is 5.69 Å². The van der Waals surface area contributed by atoms with Gasteiger partial charge in [0.1, 0.15) is 11.5 Å². The van der Waals surface area contributed by atoms with E-state index in [-0.39, 0.29) is 5.78 Å². The van der Waals surface area contributed by atoms with Gasteiger partial charge in [0, 0.05) is 23.2 Å². The van der Waals surface area contributed by atoms with Crippen LogP contribution < -0.4 is 10.5 Å². The molecule has 0 radical (unpaired) electrons. The first-order chi connectivity index (χ1) is 15.1. The lowest BCUT2D eigenvalue weighted by Gasteiger charge is -2.22. The van der Waals surface area contributed by atoms with Crippen molar-refractivity contribution in [3.8, 4) is 11.5 Å². The van der Waals surface area contributed by atoms with Gasteiger partial charge in [0.05, 0.1) is 5.56 Å². The second-order valence-electron chi connectivity index (χ2n) is 7.62. The standard InChI is InChI=1S/C28H25NO2/c1-19-20(2)26(29)24(18-21-12-6-3-7-13-21)28(31-23-16-10-5-11-17-23)25(19)27(30)22-14-8-4-9-15-22/h3-17H,18,29H2,1-2H3. The van der Waals surface area contributed by atoms with Crippen molar-refractivity contribution in [2.24, 2.45) is 0 Å². The number of carbonyl (C=O) groups excluding carboxylic acids is 1. The van der Waals surface area contributed by atoms with Crippen LogP contribution in [0.2, 0.25) is 0 Å². The molecule has 0 heterocycles. The normalized spacial score (nSPS) is 10.6. The predicted molar refractivity (Wildman–Crippen MR) is 126 cm³/mol. The zero-order valence-corrected chi connectivity index (χ0v) is 17.8. The molecule has 0 unspecified atom stereocenters. The van der Waals surface area contributed by atoms with Crippen LogP contribution in [0.3, 0.4) is 0 Å². The maximum atomic E-state index is 13.6. The molecule has 0 amide bonds. The second kappa shape index (κ2) is 8.88. The van der Waals surface area contributed by atoms with E-state index >= 15 is 0 Å². The van der Waals surface area contributed by atoms with Crippen molar-refractivity contribution in [1.29, 1.82) is 0 Å². The van der Waals surface area contributed by atoms with Crippen molar-refractivity contribution < 1.29 is 9.53 Å². The number of benzene rings is 4. The molecule has 154 valence electrons. The van der Waals surface area contributed by atoms with Crippen molar-refractivity contribution in [1.82, 2.24) is 0 Å². The van der Waals surface area contributed by atoms with Crippen LogP contribution in [0, 0.1) is 13.8 Å². The minimum atomic E-state index is -0.0681. The number of para-hydroxylation sites is 1. The molecule has 4 aromatic rings. The van der Waals surface area contributed by atoms with Gasteiger partial charge in [-0.2, -0.15) is 0 Å². The zero-order chi connectivity index (χ0) is 21.8. The van der Waals surface area contributed by atoms with Crippen LogP contribution in [0.25, 0.3) is 0 Å². The molecule has 0 saturated heterocycles. The average molecular weight is 408 g/mol. The first kappa shape index (κ1) is 20.4. The van der Waals surface area contributed by atoms with Crippen LogP contribution in [-0.2, 0) is 6.42 Å². The van der Waals surface area contributed by atoms with Gasteiger partial charge in [0.25, 0.3) is 0 Å². The third-order valence-corrected chi connectivity index (χ3v) is 5.62. The van der Waals surface area contributed by atoms with Gasteiger partial charge in [-0.15, -0.1) is 0 Å². The number of rotatable bonds is 6. The molecule has 0 fully saturated rings. The summed E-state index contributed by atoms with van der Waals surface area (Å²) >= 11 is 0. The maximum absolute atomic E-state index is 13.6. The Kier molecular flexibility index (Phi) is 5.85. The average Bonchev–Trinajstić information content (AvgIpc) is 2.82. The number of hydrogen-bond acceptors (Lipinski definition) is 3. The number of ketones is 1. The van der Waals surface area contributed by atoms with E-state index in [0.717, 1.165) is 22.3 Å². The molecule has 0 aliphatic heterocycles. The van der Waals surface area contributed by atoms with Gasteiger partial charge in [0.2, 0.25) is 0 Å². The Bertz CT molecular complexity index is 1200. The van der Waals surface area contributed by atoms with Crippen LogP contribution in [0.15, 0.2) is 91.0 Å². The number of carbonyl (C=O) groups is 1. The highest BCUT2D eigenvalue weighted by molar-refractivity contribution is 6.12. The first-order valence-electron chi connectivity index (χ1n) is 10.3. The minimum Gasteiger partial charge on any atom is -0.456 e. The fraction of sp³-hybridized carbons (Fsp3) is 0.107. The summed E-state index contributed by atoms with van der Waals surface area (Å²) in [5.74, 6) is 1.13. The Labute approximate surface area is 183 Å². The Balaban J connectivity index is 1.94. The molecule has 0 spiro atoms. The Morgan fingerprint density at radius 3 is 1.94 bits per heavy atom. The van der Waals surface area contributed by atoms with Crippen molar-refractivity contribution >= 4 is 11.5 Å².